The number of carbonyl (C=O) groups is 1. The van der Waals surface area contributed by atoms with Crippen molar-refractivity contribution in [3.8, 4) is 17.3 Å². The molecule has 5 nitrogen and oxygen atoms in total. The summed E-state index contributed by atoms with van der Waals surface area (Å²) in [5.74, 6) is -0.352. The minimum Gasteiger partial charge on any atom is -0.337 e. The van der Waals surface area contributed by atoms with E-state index in [4.69, 9.17) is 5.26 Å². The van der Waals surface area contributed by atoms with Crippen molar-refractivity contribution in [2.75, 3.05) is 7.05 Å². The Bertz CT molecular complexity index is 1020. The summed E-state index contributed by atoms with van der Waals surface area (Å²) in [6.07, 6.45) is 0. The lowest BCUT2D eigenvalue weighted by Gasteiger charge is -2.17. The Balaban J connectivity index is 1.78. The lowest BCUT2D eigenvalue weighted by Crippen LogP contribution is -2.31. The molecule has 0 aliphatic heterocycles. The van der Waals surface area contributed by atoms with Crippen molar-refractivity contribution in [2.24, 2.45) is 0 Å². The molecule has 128 valence electrons. The highest BCUT2D eigenvalue weighted by Crippen LogP contribution is 2.15. The van der Waals surface area contributed by atoms with Crippen molar-refractivity contribution < 1.29 is 4.79 Å². The molecule has 1 N–H and O–H groups in total. The van der Waals surface area contributed by atoms with Gasteiger partial charge in [-0.25, -0.2) is 0 Å². The summed E-state index contributed by atoms with van der Waals surface area (Å²) in [7, 11) is 1.64. The van der Waals surface area contributed by atoms with Crippen molar-refractivity contribution >= 4 is 5.91 Å². The van der Waals surface area contributed by atoms with Crippen LogP contribution in [0.2, 0.25) is 0 Å². The van der Waals surface area contributed by atoms with Crippen molar-refractivity contribution in [3.63, 3.8) is 0 Å². The minimum atomic E-state index is -0.414. The number of aromatic nitrogens is 1. The maximum Gasteiger partial charge on any atom is 0.261 e. The molecule has 1 aromatic heterocycles. The molecule has 0 aliphatic carbocycles. The van der Waals surface area contributed by atoms with Gasteiger partial charge in [-0.1, -0.05) is 42.5 Å². The molecule has 0 radical (unpaired) electrons. The van der Waals surface area contributed by atoms with Gasteiger partial charge in [-0.05, 0) is 35.4 Å². The van der Waals surface area contributed by atoms with Gasteiger partial charge < -0.3 is 9.88 Å². The first-order valence-corrected chi connectivity index (χ1v) is 8.12. The molecule has 5 heteroatoms. The summed E-state index contributed by atoms with van der Waals surface area (Å²) in [6.45, 7) is 0.352. The van der Waals surface area contributed by atoms with Gasteiger partial charge in [0.15, 0.2) is 0 Å². The van der Waals surface area contributed by atoms with Gasteiger partial charge in [0, 0.05) is 19.3 Å². The van der Waals surface area contributed by atoms with Crippen LogP contribution < -0.4 is 5.56 Å². The maximum atomic E-state index is 12.6. The normalized spacial score (nSPS) is 10.2. The topological polar surface area (TPSA) is 77.0 Å². The number of H-pyrrole nitrogens is 1. The van der Waals surface area contributed by atoms with Crippen LogP contribution in [0.25, 0.3) is 11.3 Å². The van der Waals surface area contributed by atoms with E-state index in [-0.39, 0.29) is 11.5 Å². The Kier molecular flexibility index (Phi) is 4.95. The van der Waals surface area contributed by atoms with Gasteiger partial charge in [0.05, 0.1) is 11.6 Å². The zero-order valence-electron chi connectivity index (χ0n) is 14.3. The first-order valence-electron chi connectivity index (χ1n) is 8.12. The monoisotopic (exact) mass is 343 g/mol. The predicted molar refractivity (Wildman–Crippen MR) is 99.5 cm³/mol. The number of carbonyl (C=O) groups excluding carboxylic acids is 1. The lowest BCUT2D eigenvalue weighted by molar-refractivity contribution is 0.0783. The highest BCUT2D eigenvalue weighted by Gasteiger charge is 2.16. The maximum absolute atomic E-state index is 12.6. The largest absolute Gasteiger partial charge is 0.337 e. The Hall–Kier alpha value is -3.65. The molecule has 2 aromatic carbocycles. The van der Waals surface area contributed by atoms with Crippen LogP contribution in [-0.2, 0) is 6.54 Å². The molecule has 0 aliphatic rings. The predicted octanol–water partition coefficient (Wildman–Crippen LogP) is 3.19. The second-order valence-electron chi connectivity index (χ2n) is 5.95. The number of hydrogen-bond acceptors (Lipinski definition) is 3. The molecule has 0 atom stereocenters. The standard InChI is InChI=1S/C21H17N3O2/c1-24(14-16-9-7-15(13-22)8-10-16)21(26)18-11-12-19(23-20(18)25)17-5-3-2-4-6-17/h2-12H,14H2,1H3,(H,23,25). The molecular formula is C21H17N3O2. The molecule has 0 saturated heterocycles. The minimum absolute atomic E-state index is 0.0980. The molecule has 26 heavy (non-hydrogen) atoms. The number of nitriles is 1. The van der Waals surface area contributed by atoms with E-state index < -0.39 is 5.56 Å². The zero-order chi connectivity index (χ0) is 18.5. The van der Waals surface area contributed by atoms with E-state index in [1.807, 2.05) is 30.3 Å². The molecule has 0 unspecified atom stereocenters. The van der Waals surface area contributed by atoms with Crippen LogP contribution in [0.5, 0.6) is 0 Å². The lowest BCUT2D eigenvalue weighted by atomic mass is 10.1. The fourth-order valence-electron chi connectivity index (χ4n) is 2.66. The first-order chi connectivity index (χ1) is 12.6. The van der Waals surface area contributed by atoms with Crippen molar-refractivity contribution in [1.29, 1.82) is 5.26 Å². The number of rotatable bonds is 4. The third kappa shape index (κ3) is 3.70. The van der Waals surface area contributed by atoms with Crippen LogP contribution in [0, 0.1) is 11.3 Å². The Morgan fingerprint density at radius 3 is 2.35 bits per heavy atom. The van der Waals surface area contributed by atoms with Crippen LogP contribution in [0.4, 0.5) is 0 Å². The number of benzene rings is 2. The molecule has 3 rings (SSSR count). The Morgan fingerprint density at radius 2 is 1.73 bits per heavy atom. The fourth-order valence-corrected chi connectivity index (χ4v) is 2.66. The number of pyridine rings is 1. The molecule has 0 fully saturated rings. The van der Waals surface area contributed by atoms with E-state index in [1.165, 1.54) is 4.90 Å². The van der Waals surface area contributed by atoms with Gasteiger partial charge >= 0.3 is 0 Å². The number of amides is 1. The van der Waals surface area contributed by atoms with Gasteiger partial charge in [-0.15, -0.1) is 0 Å². The van der Waals surface area contributed by atoms with Crippen molar-refractivity contribution in [1.82, 2.24) is 9.88 Å². The second kappa shape index (κ2) is 7.49. The summed E-state index contributed by atoms with van der Waals surface area (Å²) in [4.78, 5) is 29.2. The second-order valence-corrected chi connectivity index (χ2v) is 5.95. The van der Waals surface area contributed by atoms with Crippen LogP contribution in [-0.4, -0.2) is 22.8 Å². The molecule has 0 saturated carbocycles. The summed E-state index contributed by atoms with van der Waals surface area (Å²) in [5, 5.41) is 8.83. The van der Waals surface area contributed by atoms with Crippen LogP contribution in [0.15, 0.2) is 71.5 Å². The highest BCUT2D eigenvalue weighted by atomic mass is 16.2. The van der Waals surface area contributed by atoms with Gasteiger partial charge in [0.1, 0.15) is 5.56 Å². The van der Waals surface area contributed by atoms with Gasteiger partial charge in [-0.2, -0.15) is 5.26 Å². The Morgan fingerprint density at radius 1 is 1.04 bits per heavy atom. The average Bonchev–Trinajstić information content (AvgIpc) is 2.68. The zero-order valence-corrected chi connectivity index (χ0v) is 14.3. The molecule has 1 heterocycles. The van der Waals surface area contributed by atoms with Crippen LogP contribution >= 0.6 is 0 Å². The fraction of sp³-hybridized carbons (Fsp3) is 0.0952. The summed E-state index contributed by atoms with van der Waals surface area (Å²) >= 11 is 0. The number of hydrogen-bond donors (Lipinski definition) is 1. The number of nitrogens with one attached hydrogen (secondary N) is 1. The van der Waals surface area contributed by atoms with E-state index >= 15 is 0 Å². The summed E-state index contributed by atoms with van der Waals surface area (Å²) in [5.41, 5.74) is 2.69. The third-order valence-corrected chi connectivity index (χ3v) is 4.07. The third-order valence-electron chi connectivity index (χ3n) is 4.07. The quantitative estimate of drug-likeness (QED) is 0.790. The highest BCUT2D eigenvalue weighted by molar-refractivity contribution is 5.93. The SMILES string of the molecule is CN(Cc1ccc(C#N)cc1)C(=O)c1ccc(-c2ccccc2)[nH]c1=O. The molecule has 1 amide bonds. The number of nitrogens with zero attached hydrogens (tertiary/aromatic N) is 2. The molecule has 3 aromatic rings. The van der Waals surface area contributed by atoms with Crippen LogP contribution in [0.3, 0.4) is 0 Å². The molecule has 0 bridgehead atoms. The van der Waals surface area contributed by atoms with E-state index in [2.05, 4.69) is 11.1 Å². The summed E-state index contributed by atoms with van der Waals surface area (Å²) < 4.78 is 0. The first kappa shape index (κ1) is 17.2. The van der Waals surface area contributed by atoms with Gasteiger partial charge in [0.25, 0.3) is 11.5 Å². The Labute approximate surface area is 151 Å². The smallest absolute Gasteiger partial charge is 0.261 e. The molecule has 0 spiro atoms. The van der Waals surface area contributed by atoms with Crippen molar-refractivity contribution in [3.05, 3.63) is 93.8 Å². The van der Waals surface area contributed by atoms with E-state index in [1.54, 1.807) is 43.4 Å². The van der Waals surface area contributed by atoms with E-state index in [0.29, 0.717) is 17.8 Å². The van der Waals surface area contributed by atoms with Gasteiger partial charge in [0.2, 0.25) is 0 Å². The average molecular weight is 343 g/mol. The molecular weight excluding hydrogens is 326 g/mol. The van der Waals surface area contributed by atoms with Gasteiger partial charge in [-0.3, -0.25) is 9.59 Å². The van der Waals surface area contributed by atoms with Crippen LogP contribution in [0.1, 0.15) is 21.5 Å². The van der Waals surface area contributed by atoms with E-state index in [9.17, 15) is 9.59 Å². The van der Waals surface area contributed by atoms with E-state index in [0.717, 1.165) is 11.1 Å². The summed E-state index contributed by atoms with van der Waals surface area (Å²) in [6, 6.07) is 21.8. The van der Waals surface area contributed by atoms with Crippen molar-refractivity contribution in [2.45, 2.75) is 6.54 Å². The number of aromatic amines is 1.